The van der Waals surface area contributed by atoms with E-state index in [1.54, 1.807) is 0 Å². The molecule has 0 saturated heterocycles. The summed E-state index contributed by atoms with van der Waals surface area (Å²) >= 11 is 5.95. The first-order valence-corrected chi connectivity index (χ1v) is 4.55. The Hall–Kier alpha value is -1.35. The summed E-state index contributed by atoms with van der Waals surface area (Å²) in [5, 5.41) is 9.11. The molecular formula is C10H8ClNO2. The van der Waals surface area contributed by atoms with E-state index >= 15 is 0 Å². The van der Waals surface area contributed by atoms with Crippen molar-refractivity contribution in [1.29, 1.82) is 0 Å². The van der Waals surface area contributed by atoms with Crippen LogP contribution in [0.1, 0.15) is 28.5 Å². The Labute approximate surface area is 86.0 Å². The highest BCUT2D eigenvalue weighted by Crippen LogP contribution is 2.31. The molecule has 1 aromatic rings. The van der Waals surface area contributed by atoms with Gasteiger partial charge in [0.05, 0.1) is 16.3 Å². The van der Waals surface area contributed by atoms with Crippen LogP contribution in [-0.2, 0) is 6.42 Å². The van der Waals surface area contributed by atoms with Crippen LogP contribution in [0.4, 0.5) is 0 Å². The standard InChI is InChI=1S/C10H8ClNO2/c1-5-2-6-8(3-5)12-4-7(9(6)11)10(13)14/h2,4H,3H2,1H3,(H,13,14). The number of aromatic nitrogens is 1. The molecule has 0 unspecified atom stereocenters. The van der Waals surface area contributed by atoms with Gasteiger partial charge in [0, 0.05) is 18.2 Å². The first-order chi connectivity index (χ1) is 6.59. The molecule has 1 heterocycles. The maximum atomic E-state index is 10.8. The molecule has 2 rings (SSSR count). The van der Waals surface area contributed by atoms with Crippen LogP contribution in [0, 0.1) is 0 Å². The van der Waals surface area contributed by atoms with E-state index in [-0.39, 0.29) is 5.56 Å². The molecule has 0 bridgehead atoms. The van der Waals surface area contributed by atoms with Gasteiger partial charge in [-0.3, -0.25) is 4.98 Å². The van der Waals surface area contributed by atoms with E-state index in [0.29, 0.717) is 5.02 Å². The van der Waals surface area contributed by atoms with Crippen LogP contribution in [-0.4, -0.2) is 16.1 Å². The average Bonchev–Trinajstić information content (AvgIpc) is 2.46. The lowest BCUT2D eigenvalue weighted by Crippen LogP contribution is -2.01. The summed E-state index contributed by atoms with van der Waals surface area (Å²) < 4.78 is 0. The monoisotopic (exact) mass is 209 g/mol. The van der Waals surface area contributed by atoms with E-state index in [4.69, 9.17) is 16.7 Å². The molecule has 14 heavy (non-hydrogen) atoms. The summed E-state index contributed by atoms with van der Waals surface area (Å²) in [4.78, 5) is 14.8. The number of carboxylic acid groups (broad SMARTS) is 1. The number of rotatable bonds is 1. The van der Waals surface area contributed by atoms with Gasteiger partial charge in [-0.25, -0.2) is 4.79 Å². The zero-order valence-electron chi connectivity index (χ0n) is 7.54. The van der Waals surface area contributed by atoms with Crippen LogP contribution in [0.15, 0.2) is 11.8 Å². The Morgan fingerprint density at radius 1 is 1.64 bits per heavy atom. The first-order valence-electron chi connectivity index (χ1n) is 4.17. The molecule has 3 nitrogen and oxygen atoms in total. The Morgan fingerprint density at radius 3 is 3.00 bits per heavy atom. The quantitative estimate of drug-likeness (QED) is 0.773. The third kappa shape index (κ3) is 1.30. The van der Waals surface area contributed by atoms with Crippen molar-refractivity contribution in [2.24, 2.45) is 0 Å². The summed E-state index contributed by atoms with van der Waals surface area (Å²) in [7, 11) is 0. The highest BCUT2D eigenvalue weighted by Gasteiger charge is 2.19. The Kier molecular flexibility index (Phi) is 2.04. The van der Waals surface area contributed by atoms with E-state index < -0.39 is 5.97 Å². The SMILES string of the molecule is CC1=Cc2c(ncc(C(=O)O)c2Cl)C1. The van der Waals surface area contributed by atoms with Crippen LogP contribution in [0.3, 0.4) is 0 Å². The Balaban J connectivity index is 2.62. The van der Waals surface area contributed by atoms with Crippen molar-refractivity contribution in [3.05, 3.63) is 33.6 Å². The second-order valence-electron chi connectivity index (χ2n) is 3.32. The van der Waals surface area contributed by atoms with E-state index in [1.807, 2.05) is 13.0 Å². The fourth-order valence-electron chi connectivity index (χ4n) is 1.54. The molecule has 1 aromatic heterocycles. The van der Waals surface area contributed by atoms with Gasteiger partial charge in [-0.2, -0.15) is 0 Å². The molecule has 1 N–H and O–H groups in total. The second kappa shape index (κ2) is 3.10. The number of carbonyl (C=O) groups is 1. The lowest BCUT2D eigenvalue weighted by Gasteiger charge is -2.03. The molecule has 1 aliphatic rings. The minimum absolute atomic E-state index is 0.0661. The topological polar surface area (TPSA) is 50.2 Å². The summed E-state index contributed by atoms with van der Waals surface area (Å²) in [6, 6.07) is 0. The predicted molar refractivity (Wildman–Crippen MR) is 53.6 cm³/mol. The summed E-state index contributed by atoms with van der Waals surface area (Å²) in [6.45, 7) is 1.97. The van der Waals surface area contributed by atoms with E-state index in [9.17, 15) is 4.79 Å². The van der Waals surface area contributed by atoms with Gasteiger partial charge < -0.3 is 5.11 Å². The lowest BCUT2D eigenvalue weighted by atomic mass is 10.1. The van der Waals surface area contributed by atoms with Gasteiger partial charge in [-0.1, -0.05) is 23.3 Å². The largest absolute Gasteiger partial charge is 0.478 e. The molecule has 0 atom stereocenters. The van der Waals surface area contributed by atoms with Crippen LogP contribution >= 0.6 is 11.6 Å². The Morgan fingerprint density at radius 2 is 2.36 bits per heavy atom. The van der Waals surface area contributed by atoms with Gasteiger partial charge in [0.2, 0.25) is 0 Å². The van der Waals surface area contributed by atoms with Gasteiger partial charge >= 0.3 is 5.97 Å². The molecular weight excluding hydrogens is 202 g/mol. The van der Waals surface area contributed by atoms with Gasteiger partial charge in [0.15, 0.2) is 0 Å². The van der Waals surface area contributed by atoms with Crippen LogP contribution in [0.5, 0.6) is 0 Å². The predicted octanol–water partition coefficient (Wildman–Crippen LogP) is 2.39. The minimum Gasteiger partial charge on any atom is -0.478 e. The smallest absolute Gasteiger partial charge is 0.338 e. The molecule has 0 amide bonds. The highest BCUT2D eigenvalue weighted by atomic mass is 35.5. The van der Waals surface area contributed by atoms with Crippen LogP contribution in [0.2, 0.25) is 5.02 Å². The van der Waals surface area contributed by atoms with Gasteiger partial charge in [0.1, 0.15) is 0 Å². The maximum Gasteiger partial charge on any atom is 0.338 e. The van der Waals surface area contributed by atoms with Crippen LogP contribution < -0.4 is 0 Å². The van der Waals surface area contributed by atoms with Crippen molar-refractivity contribution in [1.82, 2.24) is 4.98 Å². The maximum absolute atomic E-state index is 10.8. The molecule has 0 aliphatic heterocycles. The number of carboxylic acids is 1. The Bertz CT molecular complexity index is 452. The fourth-order valence-corrected chi connectivity index (χ4v) is 1.83. The van der Waals surface area contributed by atoms with Gasteiger partial charge in [-0.15, -0.1) is 0 Å². The number of nitrogens with zero attached hydrogens (tertiary/aromatic N) is 1. The number of allylic oxidation sites excluding steroid dienone is 1. The normalized spacial score (nSPS) is 13.7. The number of pyridine rings is 1. The van der Waals surface area contributed by atoms with Gasteiger partial charge in [-0.05, 0) is 6.92 Å². The van der Waals surface area contributed by atoms with Gasteiger partial charge in [0.25, 0.3) is 0 Å². The van der Waals surface area contributed by atoms with Crippen molar-refractivity contribution in [2.45, 2.75) is 13.3 Å². The molecule has 0 spiro atoms. The molecule has 1 aliphatic carbocycles. The number of aromatic carboxylic acids is 1. The third-order valence-corrected chi connectivity index (χ3v) is 2.61. The van der Waals surface area contributed by atoms with Crippen molar-refractivity contribution >= 4 is 23.6 Å². The zero-order valence-corrected chi connectivity index (χ0v) is 8.30. The molecule has 0 aromatic carbocycles. The minimum atomic E-state index is -1.04. The second-order valence-corrected chi connectivity index (χ2v) is 3.70. The van der Waals surface area contributed by atoms with Crippen molar-refractivity contribution in [2.75, 3.05) is 0 Å². The van der Waals surface area contributed by atoms with Crippen molar-refractivity contribution < 1.29 is 9.90 Å². The number of fused-ring (bicyclic) bond motifs is 1. The first kappa shape index (κ1) is 9.21. The van der Waals surface area contributed by atoms with Crippen molar-refractivity contribution in [3.63, 3.8) is 0 Å². The summed E-state index contributed by atoms with van der Waals surface area (Å²) in [5.74, 6) is -1.04. The fraction of sp³-hybridized carbons (Fsp3) is 0.200. The summed E-state index contributed by atoms with van der Waals surface area (Å²) in [6.07, 6.45) is 3.96. The number of hydrogen-bond acceptors (Lipinski definition) is 2. The van der Waals surface area contributed by atoms with Crippen LogP contribution in [0.25, 0.3) is 6.08 Å². The average molecular weight is 210 g/mol. The van der Waals surface area contributed by atoms with E-state index in [1.165, 1.54) is 6.20 Å². The molecule has 4 heteroatoms. The number of halogens is 1. The molecule has 72 valence electrons. The highest BCUT2D eigenvalue weighted by molar-refractivity contribution is 6.35. The number of hydrogen-bond donors (Lipinski definition) is 1. The zero-order chi connectivity index (χ0) is 10.3. The third-order valence-electron chi connectivity index (χ3n) is 2.20. The molecule has 0 radical (unpaired) electrons. The lowest BCUT2D eigenvalue weighted by molar-refractivity contribution is 0.0696. The van der Waals surface area contributed by atoms with E-state index in [0.717, 1.165) is 23.3 Å². The summed E-state index contributed by atoms with van der Waals surface area (Å²) in [5.41, 5.74) is 2.83. The van der Waals surface area contributed by atoms with E-state index in [2.05, 4.69) is 4.98 Å². The molecule has 0 fully saturated rings. The molecule has 0 saturated carbocycles. The van der Waals surface area contributed by atoms with Crippen molar-refractivity contribution in [3.8, 4) is 0 Å².